The van der Waals surface area contributed by atoms with Crippen molar-refractivity contribution < 1.29 is 4.79 Å². The first-order chi connectivity index (χ1) is 5.81. The summed E-state index contributed by atoms with van der Waals surface area (Å²) in [4.78, 5) is 10.7. The van der Waals surface area contributed by atoms with E-state index in [1.807, 2.05) is 0 Å². The van der Waals surface area contributed by atoms with Crippen LogP contribution in [-0.4, -0.2) is 12.5 Å². The Balaban J connectivity index is 2.95. The van der Waals surface area contributed by atoms with Crippen LogP contribution in [0.2, 0.25) is 0 Å². The molecule has 71 valence electrons. The molecule has 0 aliphatic carbocycles. The minimum absolute atomic E-state index is 0.0606. The van der Waals surface area contributed by atoms with Crippen LogP contribution in [0.15, 0.2) is 0 Å². The first-order valence-corrected chi connectivity index (χ1v) is 4.87. The van der Waals surface area contributed by atoms with Crippen LogP contribution in [-0.2, 0) is 4.79 Å². The predicted molar refractivity (Wildman–Crippen MR) is 51.7 cm³/mol. The van der Waals surface area contributed by atoms with Crippen molar-refractivity contribution in [3.8, 4) is 0 Å². The van der Waals surface area contributed by atoms with E-state index >= 15 is 0 Å². The van der Waals surface area contributed by atoms with Gasteiger partial charge < -0.3 is 5.32 Å². The Bertz CT molecular complexity index is 112. The monoisotopic (exact) mass is 170 g/mol. The van der Waals surface area contributed by atoms with Crippen LogP contribution in [0.25, 0.3) is 0 Å². The van der Waals surface area contributed by atoms with E-state index in [1.165, 1.54) is 25.7 Å². The molecule has 0 fully saturated rings. The topological polar surface area (TPSA) is 29.1 Å². The molecule has 0 aromatic rings. The molecule has 0 aliphatic rings. The zero-order valence-corrected chi connectivity index (χ0v) is 8.07. The van der Waals surface area contributed by atoms with E-state index in [0.717, 1.165) is 13.0 Å². The van der Waals surface area contributed by atoms with Gasteiger partial charge in [-0.1, -0.05) is 32.6 Å². The van der Waals surface area contributed by atoms with Crippen molar-refractivity contribution in [1.82, 2.24) is 5.32 Å². The fourth-order valence-corrected chi connectivity index (χ4v) is 1.04. The van der Waals surface area contributed by atoms with Gasteiger partial charge in [0.05, 0.1) is 0 Å². The first kappa shape index (κ1) is 11.5. The molecular weight excluding hydrogens is 150 g/mol. The largest absolute Gasteiger partial charge is 0.356 e. The normalized spacial score (nSPS) is 9.83. The van der Waals surface area contributed by atoms with Gasteiger partial charge in [0.25, 0.3) is 0 Å². The minimum Gasteiger partial charge on any atom is -0.356 e. The SMILES string of the molecule is [CH2]CC(=O)NCCCCCCC. The smallest absolute Gasteiger partial charge is 0.219 e. The molecule has 0 saturated heterocycles. The lowest BCUT2D eigenvalue weighted by atomic mass is 10.1. The zero-order chi connectivity index (χ0) is 9.23. The van der Waals surface area contributed by atoms with E-state index in [0.29, 0.717) is 6.42 Å². The summed E-state index contributed by atoms with van der Waals surface area (Å²) < 4.78 is 0. The van der Waals surface area contributed by atoms with Gasteiger partial charge in [-0.3, -0.25) is 4.79 Å². The molecule has 0 bridgehead atoms. The van der Waals surface area contributed by atoms with Crippen LogP contribution < -0.4 is 5.32 Å². The van der Waals surface area contributed by atoms with Gasteiger partial charge in [0.1, 0.15) is 0 Å². The Morgan fingerprint density at radius 2 is 1.92 bits per heavy atom. The van der Waals surface area contributed by atoms with Crippen LogP contribution in [0.3, 0.4) is 0 Å². The van der Waals surface area contributed by atoms with Crippen molar-refractivity contribution in [3.63, 3.8) is 0 Å². The van der Waals surface area contributed by atoms with E-state index in [-0.39, 0.29) is 5.91 Å². The number of rotatable bonds is 7. The number of amides is 1. The van der Waals surface area contributed by atoms with E-state index in [2.05, 4.69) is 19.2 Å². The number of nitrogens with one attached hydrogen (secondary N) is 1. The average Bonchev–Trinajstić information content (AvgIpc) is 2.10. The first-order valence-electron chi connectivity index (χ1n) is 4.87. The van der Waals surface area contributed by atoms with Gasteiger partial charge in [-0.15, -0.1) is 0 Å². The van der Waals surface area contributed by atoms with Crippen molar-refractivity contribution >= 4 is 5.91 Å². The molecule has 0 atom stereocenters. The maximum Gasteiger partial charge on any atom is 0.219 e. The highest BCUT2D eigenvalue weighted by Gasteiger charge is 1.94. The van der Waals surface area contributed by atoms with Crippen molar-refractivity contribution in [2.75, 3.05) is 6.54 Å². The quantitative estimate of drug-likeness (QED) is 0.584. The van der Waals surface area contributed by atoms with Crippen LogP contribution >= 0.6 is 0 Å². The highest BCUT2D eigenvalue weighted by Crippen LogP contribution is 2.00. The van der Waals surface area contributed by atoms with Gasteiger partial charge >= 0.3 is 0 Å². The molecule has 0 spiro atoms. The van der Waals surface area contributed by atoms with Gasteiger partial charge in [0.2, 0.25) is 5.91 Å². The average molecular weight is 170 g/mol. The van der Waals surface area contributed by atoms with Crippen molar-refractivity contribution in [1.29, 1.82) is 0 Å². The predicted octanol–water partition coefficient (Wildman–Crippen LogP) is 2.30. The lowest BCUT2D eigenvalue weighted by Crippen LogP contribution is -2.23. The highest BCUT2D eigenvalue weighted by molar-refractivity contribution is 5.76. The summed E-state index contributed by atoms with van der Waals surface area (Å²) in [6.45, 7) is 6.52. The van der Waals surface area contributed by atoms with Gasteiger partial charge in [0.15, 0.2) is 0 Å². The Morgan fingerprint density at radius 1 is 1.25 bits per heavy atom. The maximum atomic E-state index is 10.7. The fourth-order valence-electron chi connectivity index (χ4n) is 1.04. The van der Waals surface area contributed by atoms with Crippen molar-refractivity contribution in [3.05, 3.63) is 6.92 Å². The molecule has 12 heavy (non-hydrogen) atoms. The molecule has 0 aromatic heterocycles. The van der Waals surface area contributed by atoms with Gasteiger partial charge in [-0.2, -0.15) is 0 Å². The van der Waals surface area contributed by atoms with E-state index in [1.54, 1.807) is 0 Å². The molecule has 0 aromatic carbocycles. The summed E-state index contributed by atoms with van der Waals surface area (Å²) in [5, 5.41) is 2.81. The maximum absolute atomic E-state index is 10.7. The number of hydrogen-bond donors (Lipinski definition) is 1. The lowest BCUT2D eigenvalue weighted by molar-refractivity contribution is -0.120. The van der Waals surface area contributed by atoms with Gasteiger partial charge in [-0.25, -0.2) is 0 Å². The summed E-state index contributed by atoms with van der Waals surface area (Å²) in [7, 11) is 0. The van der Waals surface area contributed by atoms with Gasteiger partial charge in [-0.05, 0) is 13.3 Å². The molecule has 0 aliphatic heterocycles. The van der Waals surface area contributed by atoms with Gasteiger partial charge in [0, 0.05) is 13.0 Å². The standard InChI is InChI=1S/C10H20NO/c1-3-5-6-7-8-9-11-10(12)4-2/h2-9H2,1H3,(H,11,12). The fraction of sp³-hybridized carbons (Fsp3) is 0.800. The Labute approximate surface area is 75.7 Å². The molecule has 2 nitrogen and oxygen atoms in total. The molecular formula is C10H20NO. The summed E-state index contributed by atoms with van der Waals surface area (Å²) in [5.41, 5.74) is 0. The number of carbonyl (C=O) groups excluding carboxylic acids is 1. The lowest BCUT2D eigenvalue weighted by Gasteiger charge is -2.02. The molecule has 0 heterocycles. The van der Waals surface area contributed by atoms with Crippen molar-refractivity contribution in [2.45, 2.75) is 45.4 Å². The molecule has 0 unspecified atom stereocenters. The van der Waals surface area contributed by atoms with Crippen LogP contribution in [0, 0.1) is 6.92 Å². The van der Waals surface area contributed by atoms with E-state index in [9.17, 15) is 4.79 Å². The second-order valence-corrected chi connectivity index (χ2v) is 3.01. The third-order valence-corrected chi connectivity index (χ3v) is 1.83. The highest BCUT2D eigenvalue weighted by atomic mass is 16.1. The van der Waals surface area contributed by atoms with Crippen molar-refractivity contribution in [2.24, 2.45) is 0 Å². The molecule has 2 heteroatoms. The van der Waals surface area contributed by atoms with E-state index in [4.69, 9.17) is 0 Å². The molecule has 1 N–H and O–H groups in total. The molecule has 0 rings (SSSR count). The van der Waals surface area contributed by atoms with Crippen LogP contribution in [0.1, 0.15) is 45.4 Å². The third kappa shape index (κ3) is 7.58. The Hall–Kier alpha value is -0.530. The second-order valence-electron chi connectivity index (χ2n) is 3.01. The summed E-state index contributed by atoms with van der Waals surface area (Å²) >= 11 is 0. The number of carbonyl (C=O) groups is 1. The second kappa shape index (κ2) is 8.57. The van der Waals surface area contributed by atoms with Crippen LogP contribution in [0.4, 0.5) is 0 Å². The summed E-state index contributed by atoms with van der Waals surface area (Å²) in [6.07, 6.45) is 6.55. The molecule has 1 amide bonds. The summed E-state index contributed by atoms with van der Waals surface area (Å²) in [5.74, 6) is 0.0606. The van der Waals surface area contributed by atoms with Crippen LogP contribution in [0.5, 0.6) is 0 Å². The van der Waals surface area contributed by atoms with E-state index < -0.39 is 0 Å². The zero-order valence-electron chi connectivity index (χ0n) is 8.07. The number of hydrogen-bond acceptors (Lipinski definition) is 1. The Morgan fingerprint density at radius 3 is 2.50 bits per heavy atom. The summed E-state index contributed by atoms with van der Waals surface area (Å²) in [6, 6.07) is 0. The molecule has 1 radical (unpaired) electrons. The third-order valence-electron chi connectivity index (χ3n) is 1.83. The number of unbranched alkanes of at least 4 members (excludes halogenated alkanes) is 4. The Kier molecular flexibility index (Phi) is 8.19. The minimum atomic E-state index is 0.0606. The molecule has 0 saturated carbocycles.